The number of nitrogens with one attached hydrogen (secondary N) is 1. The summed E-state index contributed by atoms with van der Waals surface area (Å²) in [5, 5.41) is 3.11. The third-order valence-electron chi connectivity index (χ3n) is 3.73. The summed E-state index contributed by atoms with van der Waals surface area (Å²) in [6.45, 7) is 4.05. The SMILES string of the molecule is CCN(C)C(=O)c1cc(Cl)cc(Nc2cccc(C(F)(F)F)n2)c1C. The quantitative estimate of drug-likeness (QED) is 0.831. The Morgan fingerprint density at radius 1 is 1.32 bits per heavy atom. The molecule has 1 aromatic heterocycles. The van der Waals surface area contributed by atoms with Crippen molar-refractivity contribution in [3.8, 4) is 0 Å². The highest BCUT2D eigenvalue weighted by Crippen LogP contribution is 2.31. The molecule has 0 aliphatic rings. The van der Waals surface area contributed by atoms with Crippen molar-refractivity contribution in [2.75, 3.05) is 18.9 Å². The minimum atomic E-state index is -4.54. The van der Waals surface area contributed by atoms with Crippen LogP contribution >= 0.6 is 11.6 Å². The topological polar surface area (TPSA) is 45.2 Å². The van der Waals surface area contributed by atoms with Crippen molar-refractivity contribution in [1.82, 2.24) is 9.88 Å². The standard InChI is InChI=1S/C17H17ClF3N3O/c1-4-24(3)16(25)12-8-11(18)9-13(10(12)2)22-15-7-5-6-14(23-15)17(19,20)21/h5-9H,4H2,1-3H3,(H,22,23). The third kappa shape index (κ3) is 4.42. The minimum Gasteiger partial charge on any atom is -0.342 e. The Labute approximate surface area is 148 Å². The molecule has 2 rings (SSSR count). The molecule has 25 heavy (non-hydrogen) atoms. The number of anilines is 2. The van der Waals surface area contributed by atoms with Gasteiger partial charge in [0.15, 0.2) is 0 Å². The first kappa shape index (κ1) is 19.1. The number of rotatable bonds is 4. The second kappa shape index (κ2) is 7.31. The molecule has 4 nitrogen and oxygen atoms in total. The van der Waals surface area contributed by atoms with Crippen LogP contribution in [0.5, 0.6) is 0 Å². The number of aromatic nitrogens is 1. The zero-order valence-corrected chi connectivity index (χ0v) is 14.7. The monoisotopic (exact) mass is 371 g/mol. The van der Waals surface area contributed by atoms with Crippen LogP contribution in [0, 0.1) is 6.92 Å². The van der Waals surface area contributed by atoms with Gasteiger partial charge < -0.3 is 10.2 Å². The average molecular weight is 372 g/mol. The first-order valence-electron chi connectivity index (χ1n) is 7.50. The van der Waals surface area contributed by atoms with E-state index in [0.717, 1.165) is 6.07 Å². The van der Waals surface area contributed by atoms with E-state index in [2.05, 4.69) is 10.3 Å². The van der Waals surface area contributed by atoms with Crippen LogP contribution < -0.4 is 5.32 Å². The molecule has 1 N–H and O–H groups in total. The summed E-state index contributed by atoms with van der Waals surface area (Å²) in [4.78, 5) is 17.5. The molecular formula is C17H17ClF3N3O. The zero-order valence-electron chi connectivity index (χ0n) is 13.9. The zero-order chi connectivity index (χ0) is 18.8. The molecule has 0 bridgehead atoms. The number of carbonyl (C=O) groups excluding carboxylic acids is 1. The first-order chi connectivity index (χ1) is 11.6. The van der Waals surface area contributed by atoms with E-state index < -0.39 is 11.9 Å². The highest BCUT2D eigenvalue weighted by molar-refractivity contribution is 6.31. The van der Waals surface area contributed by atoms with Crippen molar-refractivity contribution in [2.24, 2.45) is 0 Å². The lowest BCUT2D eigenvalue weighted by atomic mass is 10.1. The maximum atomic E-state index is 12.8. The number of carbonyl (C=O) groups is 1. The summed E-state index contributed by atoms with van der Waals surface area (Å²) >= 11 is 6.07. The number of pyridine rings is 1. The maximum Gasteiger partial charge on any atom is 0.433 e. The molecule has 0 saturated heterocycles. The predicted molar refractivity (Wildman–Crippen MR) is 91.3 cm³/mol. The second-order valence-electron chi connectivity index (χ2n) is 5.48. The maximum absolute atomic E-state index is 12.8. The van der Waals surface area contributed by atoms with Gasteiger partial charge in [-0.05, 0) is 43.7 Å². The van der Waals surface area contributed by atoms with Crippen molar-refractivity contribution in [1.29, 1.82) is 0 Å². The average Bonchev–Trinajstić information content (AvgIpc) is 2.56. The summed E-state index contributed by atoms with van der Waals surface area (Å²) in [7, 11) is 1.66. The number of alkyl halides is 3. The molecule has 8 heteroatoms. The predicted octanol–water partition coefficient (Wildman–Crippen LogP) is 4.90. The Kier molecular flexibility index (Phi) is 5.57. The van der Waals surface area contributed by atoms with Crippen molar-refractivity contribution in [3.05, 3.63) is 52.2 Å². The molecule has 0 radical (unpaired) electrons. The van der Waals surface area contributed by atoms with E-state index in [0.29, 0.717) is 28.4 Å². The normalized spacial score (nSPS) is 11.3. The summed E-state index contributed by atoms with van der Waals surface area (Å²) < 4.78 is 38.4. The van der Waals surface area contributed by atoms with Gasteiger partial charge in [-0.3, -0.25) is 4.79 Å². The second-order valence-corrected chi connectivity index (χ2v) is 5.91. The van der Waals surface area contributed by atoms with Crippen LogP contribution in [-0.2, 0) is 6.18 Å². The molecule has 2 aromatic rings. The highest BCUT2D eigenvalue weighted by Gasteiger charge is 2.32. The van der Waals surface area contributed by atoms with Crippen LogP contribution in [0.25, 0.3) is 0 Å². The van der Waals surface area contributed by atoms with Crippen molar-refractivity contribution in [3.63, 3.8) is 0 Å². The molecule has 0 atom stereocenters. The molecule has 0 unspecified atom stereocenters. The van der Waals surface area contributed by atoms with Gasteiger partial charge in [0.2, 0.25) is 0 Å². The fourth-order valence-electron chi connectivity index (χ4n) is 2.18. The number of nitrogens with zero attached hydrogens (tertiary/aromatic N) is 2. The van der Waals surface area contributed by atoms with Gasteiger partial charge in [0.05, 0.1) is 0 Å². The van der Waals surface area contributed by atoms with Crippen LogP contribution in [0.2, 0.25) is 5.02 Å². The first-order valence-corrected chi connectivity index (χ1v) is 7.88. The number of amides is 1. The molecule has 0 spiro atoms. The van der Waals surface area contributed by atoms with Gasteiger partial charge in [-0.1, -0.05) is 17.7 Å². The number of halogens is 4. The summed E-state index contributed by atoms with van der Waals surface area (Å²) in [5.41, 5.74) is 0.381. The molecule has 134 valence electrons. The van der Waals surface area contributed by atoms with Gasteiger partial charge >= 0.3 is 6.18 Å². The van der Waals surface area contributed by atoms with E-state index in [-0.39, 0.29) is 11.7 Å². The van der Waals surface area contributed by atoms with E-state index in [9.17, 15) is 18.0 Å². The Morgan fingerprint density at radius 2 is 2.00 bits per heavy atom. The van der Waals surface area contributed by atoms with Crippen LogP contribution in [0.1, 0.15) is 28.5 Å². The molecule has 0 aliphatic heterocycles. The summed E-state index contributed by atoms with van der Waals surface area (Å²) in [6.07, 6.45) is -4.54. The molecule has 1 amide bonds. The summed E-state index contributed by atoms with van der Waals surface area (Å²) in [6, 6.07) is 6.64. The number of hydrogen-bond donors (Lipinski definition) is 1. The van der Waals surface area contributed by atoms with Gasteiger partial charge in [-0.2, -0.15) is 13.2 Å². The molecule has 0 saturated carbocycles. The van der Waals surface area contributed by atoms with Gasteiger partial charge in [-0.15, -0.1) is 0 Å². The van der Waals surface area contributed by atoms with Crippen molar-refractivity contribution in [2.45, 2.75) is 20.0 Å². The van der Waals surface area contributed by atoms with Gasteiger partial charge in [0, 0.05) is 29.9 Å². The van der Waals surface area contributed by atoms with E-state index >= 15 is 0 Å². The van der Waals surface area contributed by atoms with Crippen LogP contribution in [0.4, 0.5) is 24.7 Å². The fourth-order valence-corrected chi connectivity index (χ4v) is 2.40. The van der Waals surface area contributed by atoms with Gasteiger partial charge in [0.1, 0.15) is 11.5 Å². The van der Waals surface area contributed by atoms with Gasteiger partial charge in [-0.25, -0.2) is 4.98 Å². The van der Waals surface area contributed by atoms with E-state index in [1.54, 1.807) is 20.0 Å². The molecule has 1 aromatic carbocycles. The van der Waals surface area contributed by atoms with Gasteiger partial charge in [0.25, 0.3) is 5.91 Å². The van der Waals surface area contributed by atoms with E-state index in [4.69, 9.17) is 11.6 Å². The Balaban J connectivity index is 2.41. The largest absolute Gasteiger partial charge is 0.433 e. The third-order valence-corrected chi connectivity index (χ3v) is 3.94. The molecule has 0 fully saturated rings. The Bertz CT molecular complexity index is 793. The minimum absolute atomic E-state index is 0.0161. The lowest BCUT2D eigenvalue weighted by molar-refractivity contribution is -0.141. The van der Waals surface area contributed by atoms with E-state index in [1.807, 2.05) is 6.92 Å². The molecular weight excluding hydrogens is 355 g/mol. The Hall–Kier alpha value is -2.28. The lowest BCUT2D eigenvalue weighted by Crippen LogP contribution is -2.27. The van der Waals surface area contributed by atoms with Crippen molar-refractivity contribution >= 4 is 29.0 Å². The summed E-state index contributed by atoms with van der Waals surface area (Å²) in [5.74, 6) is -0.204. The smallest absolute Gasteiger partial charge is 0.342 e. The van der Waals surface area contributed by atoms with Crippen LogP contribution in [0.3, 0.4) is 0 Å². The lowest BCUT2D eigenvalue weighted by Gasteiger charge is -2.19. The Morgan fingerprint density at radius 3 is 2.60 bits per heavy atom. The van der Waals surface area contributed by atoms with Crippen molar-refractivity contribution < 1.29 is 18.0 Å². The van der Waals surface area contributed by atoms with Crippen LogP contribution in [-0.4, -0.2) is 29.4 Å². The van der Waals surface area contributed by atoms with Crippen LogP contribution in [0.15, 0.2) is 30.3 Å². The molecule has 0 aliphatic carbocycles. The number of hydrogen-bond acceptors (Lipinski definition) is 3. The van der Waals surface area contributed by atoms with E-state index in [1.165, 1.54) is 23.1 Å². The fraction of sp³-hybridized carbons (Fsp3) is 0.294. The number of benzene rings is 1. The highest BCUT2D eigenvalue weighted by atomic mass is 35.5. The molecule has 1 heterocycles.